The van der Waals surface area contributed by atoms with Gasteiger partial charge in [0.2, 0.25) is 15.9 Å². The third-order valence-electron chi connectivity index (χ3n) is 3.39. The number of sulfonamides is 1. The van der Waals surface area contributed by atoms with Crippen molar-refractivity contribution in [1.82, 2.24) is 4.31 Å². The van der Waals surface area contributed by atoms with Crippen molar-refractivity contribution in [3.63, 3.8) is 0 Å². The largest absolute Gasteiger partial charge is 0.417 e. The zero-order valence-corrected chi connectivity index (χ0v) is 15.0. The summed E-state index contributed by atoms with van der Waals surface area (Å²) in [6, 6.07) is 10.1. The minimum Gasteiger partial charge on any atom is -0.324 e. The van der Waals surface area contributed by atoms with Gasteiger partial charge in [0.05, 0.1) is 27.7 Å². The van der Waals surface area contributed by atoms with E-state index in [1.807, 2.05) is 0 Å². The zero-order chi connectivity index (χ0) is 19.5. The van der Waals surface area contributed by atoms with Crippen molar-refractivity contribution < 1.29 is 26.4 Å². The molecular formula is C16H14ClF3N2O3S. The molecule has 2 aromatic rings. The number of amides is 1. The molecule has 0 unspecified atom stereocenters. The molecule has 0 saturated heterocycles. The minimum atomic E-state index is -4.84. The Balaban J connectivity index is 2.23. The van der Waals surface area contributed by atoms with Gasteiger partial charge in [0.25, 0.3) is 0 Å². The molecule has 0 heterocycles. The number of para-hydroxylation sites is 1. The number of likely N-dealkylation sites (N-methyl/N-ethyl adjacent to an activating group) is 1. The third kappa shape index (κ3) is 4.54. The molecule has 0 atom stereocenters. The molecule has 0 saturated carbocycles. The Morgan fingerprint density at radius 3 is 2.31 bits per heavy atom. The molecule has 140 valence electrons. The second-order valence-electron chi connectivity index (χ2n) is 5.28. The number of hydrogen-bond donors (Lipinski definition) is 1. The standard InChI is InChI=1S/C16H14ClF3N2O3S/c1-22(10-15(23)21-13-8-4-3-7-12(13)17)26(24,25)14-9-5-2-6-11(14)16(18,19)20/h2-9H,10H2,1H3,(H,21,23). The third-order valence-corrected chi connectivity index (χ3v) is 5.59. The van der Waals surface area contributed by atoms with Crippen LogP contribution < -0.4 is 5.32 Å². The van der Waals surface area contributed by atoms with Crippen LogP contribution in [0.25, 0.3) is 0 Å². The number of halogens is 4. The SMILES string of the molecule is CN(CC(=O)Nc1ccccc1Cl)S(=O)(=O)c1ccccc1C(F)(F)F. The van der Waals surface area contributed by atoms with Crippen LogP contribution in [0.3, 0.4) is 0 Å². The summed E-state index contributed by atoms with van der Waals surface area (Å²) in [4.78, 5) is 11.1. The van der Waals surface area contributed by atoms with Gasteiger partial charge < -0.3 is 5.32 Å². The van der Waals surface area contributed by atoms with E-state index in [9.17, 15) is 26.4 Å². The Bertz CT molecular complexity index is 917. The number of nitrogens with zero attached hydrogens (tertiary/aromatic N) is 1. The number of nitrogens with one attached hydrogen (secondary N) is 1. The van der Waals surface area contributed by atoms with Gasteiger partial charge in [-0.05, 0) is 24.3 Å². The summed E-state index contributed by atoms with van der Waals surface area (Å²) in [5.74, 6) is -0.742. The van der Waals surface area contributed by atoms with Crippen LogP contribution in [0, 0.1) is 0 Å². The quantitative estimate of drug-likeness (QED) is 0.824. The molecule has 2 aromatic carbocycles. The van der Waals surface area contributed by atoms with Gasteiger partial charge in [0.15, 0.2) is 0 Å². The Morgan fingerprint density at radius 1 is 1.12 bits per heavy atom. The molecular weight excluding hydrogens is 393 g/mol. The molecule has 1 amide bonds. The van der Waals surface area contributed by atoms with Crippen LogP contribution in [0.4, 0.5) is 18.9 Å². The van der Waals surface area contributed by atoms with Crippen LogP contribution in [0.1, 0.15) is 5.56 Å². The van der Waals surface area contributed by atoms with Crippen molar-refractivity contribution in [3.8, 4) is 0 Å². The summed E-state index contributed by atoms with van der Waals surface area (Å²) < 4.78 is 64.7. The molecule has 0 spiro atoms. The first kappa shape index (κ1) is 20.2. The van der Waals surface area contributed by atoms with E-state index in [0.717, 1.165) is 19.2 Å². The van der Waals surface area contributed by atoms with E-state index in [0.29, 0.717) is 10.4 Å². The monoisotopic (exact) mass is 406 g/mol. The van der Waals surface area contributed by atoms with Gasteiger partial charge in [-0.3, -0.25) is 4.79 Å². The van der Waals surface area contributed by atoms with Crippen molar-refractivity contribution in [2.75, 3.05) is 18.9 Å². The average molecular weight is 407 g/mol. The van der Waals surface area contributed by atoms with Crippen LogP contribution >= 0.6 is 11.6 Å². The highest BCUT2D eigenvalue weighted by molar-refractivity contribution is 7.89. The second-order valence-corrected chi connectivity index (χ2v) is 7.70. The molecule has 5 nitrogen and oxygen atoms in total. The Morgan fingerprint density at radius 2 is 1.69 bits per heavy atom. The highest BCUT2D eigenvalue weighted by atomic mass is 35.5. The summed E-state index contributed by atoms with van der Waals surface area (Å²) >= 11 is 5.89. The predicted molar refractivity (Wildman–Crippen MR) is 91.3 cm³/mol. The number of rotatable bonds is 5. The number of anilines is 1. The maximum Gasteiger partial charge on any atom is 0.417 e. The summed E-state index contributed by atoms with van der Waals surface area (Å²) in [5.41, 5.74) is -1.03. The van der Waals surface area contributed by atoms with E-state index in [1.165, 1.54) is 18.2 Å². The van der Waals surface area contributed by atoms with E-state index in [-0.39, 0.29) is 10.7 Å². The molecule has 1 N–H and O–H groups in total. The molecule has 0 aliphatic carbocycles. The second kappa shape index (κ2) is 7.65. The van der Waals surface area contributed by atoms with Crippen molar-refractivity contribution in [3.05, 3.63) is 59.1 Å². The molecule has 0 bridgehead atoms. The van der Waals surface area contributed by atoms with E-state index in [2.05, 4.69) is 5.32 Å². The van der Waals surface area contributed by atoms with Gasteiger partial charge in [0.1, 0.15) is 0 Å². The maximum absolute atomic E-state index is 13.1. The van der Waals surface area contributed by atoms with Gasteiger partial charge in [-0.1, -0.05) is 35.9 Å². The van der Waals surface area contributed by atoms with Crippen molar-refractivity contribution in [1.29, 1.82) is 0 Å². The van der Waals surface area contributed by atoms with Gasteiger partial charge in [-0.2, -0.15) is 17.5 Å². The first-order valence-electron chi connectivity index (χ1n) is 7.20. The first-order chi connectivity index (χ1) is 12.0. The van der Waals surface area contributed by atoms with Crippen LogP contribution in [0.15, 0.2) is 53.4 Å². The van der Waals surface area contributed by atoms with Crippen LogP contribution in [0.2, 0.25) is 5.02 Å². The zero-order valence-electron chi connectivity index (χ0n) is 13.4. The van der Waals surface area contributed by atoms with E-state index in [1.54, 1.807) is 12.1 Å². The molecule has 0 radical (unpaired) electrons. The topological polar surface area (TPSA) is 66.5 Å². The van der Waals surface area contributed by atoms with Crippen LogP contribution in [0.5, 0.6) is 0 Å². The molecule has 26 heavy (non-hydrogen) atoms. The van der Waals surface area contributed by atoms with Crippen LogP contribution in [-0.4, -0.2) is 32.2 Å². The lowest BCUT2D eigenvalue weighted by Gasteiger charge is -2.20. The molecule has 10 heteroatoms. The van der Waals surface area contributed by atoms with E-state index in [4.69, 9.17) is 11.6 Å². The minimum absolute atomic E-state index is 0.244. The fourth-order valence-corrected chi connectivity index (χ4v) is 3.65. The Labute approximate surface area is 153 Å². The molecule has 0 fully saturated rings. The number of alkyl halides is 3. The normalized spacial score (nSPS) is 12.2. The molecule has 0 aliphatic heterocycles. The van der Waals surface area contributed by atoms with Crippen molar-refractivity contribution >= 4 is 33.2 Å². The Hall–Kier alpha value is -2.10. The number of carbonyl (C=O) groups excluding carboxylic acids is 1. The maximum atomic E-state index is 13.1. The van der Waals surface area contributed by atoms with Gasteiger partial charge in [-0.15, -0.1) is 0 Å². The lowest BCUT2D eigenvalue weighted by atomic mass is 10.2. The number of benzene rings is 2. The lowest BCUT2D eigenvalue weighted by Crippen LogP contribution is -2.35. The highest BCUT2D eigenvalue weighted by Crippen LogP contribution is 2.34. The van der Waals surface area contributed by atoms with Gasteiger partial charge >= 0.3 is 6.18 Å². The van der Waals surface area contributed by atoms with Crippen LogP contribution in [-0.2, 0) is 21.0 Å². The van der Waals surface area contributed by atoms with E-state index < -0.39 is 39.1 Å². The van der Waals surface area contributed by atoms with Crippen molar-refractivity contribution in [2.24, 2.45) is 0 Å². The fraction of sp³-hybridized carbons (Fsp3) is 0.188. The smallest absolute Gasteiger partial charge is 0.324 e. The van der Waals surface area contributed by atoms with E-state index >= 15 is 0 Å². The number of hydrogen-bond acceptors (Lipinski definition) is 3. The fourth-order valence-electron chi connectivity index (χ4n) is 2.13. The summed E-state index contributed by atoms with van der Waals surface area (Å²) in [6.07, 6.45) is -4.84. The molecule has 0 aliphatic rings. The molecule has 2 rings (SSSR count). The van der Waals surface area contributed by atoms with Gasteiger partial charge in [0, 0.05) is 7.05 Å². The summed E-state index contributed by atoms with van der Waals surface area (Å²) in [7, 11) is -3.51. The molecule has 0 aromatic heterocycles. The Kier molecular flexibility index (Phi) is 5.94. The van der Waals surface area contributed by atoms with Crippen molar-refractivity contribution in [2.45, 2.75) is 11.1 Å². The van der Waals surface area contributed by atoms with Gasteiger partial charge in [-0.25, -0.2) is 8.42 Å². The average Bonchev–Trinajstić information content (AvgIpc) is 2.56. The lowest BCUT2D eigenvalue weighted by molar-refractivity contribution is -0.139. The highest BCUT2D eigenvalue weighted by Gasteiger charge is 2.38. The number of carbonyl (C=O) groups is 1. The predicted octanol–water partition coefficient (Wildman–Crippen LogP) is 3.62. The first-order valence-corrected chi connectivity index (χ1v) is 9.02. The summed E-state index contributed by atoms with van der Waals surface area (Å²) in [6.45, 7) is -0.681. The summed E-state index contributed by atoms with van der Waals surface area (Å²) in [5, 5.41) is 2.65.